The van der Waals surface area contributed by atoms with E-state index in [0.717, 1.165) is 33.9 Å². The van der Waals surface area contributed by atoms with E-state index >= 15 is 0 Å². The molecule has 0 aliphatic rings. The summed E-state index contributed by atoms with van der Waals surface area (Å²) >= 11 is 5.30. The van der Waals surface area contributed by atoms with E-state index in [0.29, 0.717) is 18.3 Å². The Morgan fingerprint density at radius 2 is 1.12 bits per heavy atom. The largest absolute Gasteiger partial charge is 0.494 e. The van der Waals surface area contributed by atoms with Crippen LogP contribution in [0.4, 0.5) is 11.4 Å². The van der Waals surface area contributed by atoms with Crippen molar-refractivity contribution in [2.24, 2.45) is 0 Å². The number of hydrogen-bond acceptors (Lipinski definition) is 3. The number of ether oxygens (including phenoxy) is 2. The van der Waals surface area contributed by atoms with E-state index in [4.69, 9.17) is 21.7 Å². The monoisotopic (exact) mass is 466 g/mol. The van der Waals surface area contributed by atoms with Gasteiger partial charge in [0.1, 0.15) is 18.0 Å². The van der Waals surface area contributed by atoms with Crippen molar-refractivity contribution in [3.63, 3.8) is 0 Å². The van der Waals surface area contributed by atoms with E-state index < -0.39 is 0 Å². The molecule has 176 valence electrons. The van der Waals surface area contributed by atoms with Crippen LogP contribution in [-0.2, 0) is 6.54 Å². The Bertz CT molecular complexity index is 900. The highest BCUT2D eigenvalue weighted by Crippen LogP contribution is 2.18. The molecule has 3 aromatic carbocycles. The fourth-order valence-electron chi connectivity index (χ4n) is 3.03. The van der Waals surface area contributed by atoms with Crippen LogP contribution in [0.5, 0.6) is 11.5 Å². The predicted octanol–water partition coefficient (Wildman–Crippen LogP) is 6.19. The van der Waals surface area contributed by atoms with Gasteiger partial charge in [-0.3, -0.25) is 0 Å². The standard InChI is InChI=1S/C17H20N2O2S.C10H16N/c1-3-20-15-9-5-13(6-10-15)18-17(22)19-14-7-11-16(12-8-14)21-4-2;1-11(2,3)9-10-7-5-4-6-8-10/h5-12H,3-4H2,1-2H3,(H2,18,19,22);4-8H,9H2,1-3H3/q;+1. The van der Waals surface area contributed by atoms with E-state index in [1.54, 1.807) is 0 Å². The van der Waals surface area contributed by atoms with E-state index in [1.807, 2.05) is 62.4 Å². The molecule has 0 saturated carbocycles. The zero-order chi connectivity index (χ0) is 24.1. The number of quaternary nitrogens is 1. The molecule has 0 spiro atoms. The van der Waals surface area contributed by atoms with E-state index in [2.05, 4.69) is 62.1 Å². The van der Waals surface area contributed by atoms with Gasteiger partial charge in [0.05, 0.1) is 34.4 Å². The van der Waals surface area contributed by atoms with Gasteiger partial charge in [0, 0.05) is 16.9 Å². The first-order valence-electron chi connectivity index (χ1n) is 11.2. The highest BCUT2D eigenvalue weighted by Gasteiger charge is 2.06. The van der Waals surface area contributed by atoms with Crippen molar-refractivity contribution in [2.45, 2.75) is 20.4 Å². The number of thiocarbonyl (C=S) groups is 1. The van der Waals surface area contributed by atoms with Crippen LogP contribution >= 0.6 is 12.2 Å². The van der Waals surface area contributed by atoms with Crippen LogP contribution in [-0.4, -0.2) is 44.0 Å². The van der Waals surface area contributed by atoms with Crippen LogP contribution in [0.25, 0.3) is 0 Å². The molecule has 0 atom stereocenters. The summed E-state index contributed by atoms with van der Waals surface area (Å²) < 4.78 is 11.8. The zero-order valence-electron chi connectivity index (χ0n) is 20.3. The maximum absolute atomic E-state index is 5.40. The number of anilines is 2. The average Bonchev–Trinajstić information content (AvgIpc) is 2.77. The van der Waals surface area contributed by atoms with Gasteiger partial charge < -0.3 is 24.6 Å². The third-order valence-corrected chi connectivity index (χ3v) is 4.55. The second-order valence-corrected chi connectivity index (χ2v) is 8.84. The molecule has 0 aromatic heterocycles. The van der Waals surface area contributed by atoms with Crippen molar-refractivity contribution in [1.29, 1.82) is 0 Å². The molecule has 3 aromatic rings. The first kappa shape index (κ1) is 26.2. The van der Waals surface area contributed by atoms with Crippen LogP contribution < -0.4 is 20.1 Å². The number of nitrogens with zero attached hydrogens (tertiary/aromatic N) is 1. The molecule has 2 N–H and O–H groups in total. The lowest BCUT2D eigenvalue weighted by molar-refractivity contribution is -0.884. The Hall–Kier alpha value is -3.09. The summed E-state index contributed by atoms with van der Waals surface area (Å²) in [7, 11) is 6.60. The van der Waals surface area contributed by atoms with Gasteiger partial charge in [-0.2, -0.15) is 0 Å². The fraction of sp³-hybridized carbons (Fsp3) is 0.296. The second-order valence-electron chi connectivity index (χ2n) is 8.43. The molecule has 0 unspecified atom stereocenters. The summed E-state index contributed by atoms with van der Waals surface area (Å²) in [6, 6.07) is 25.9. The Balaban J connectivity index is 0.000000294. The molecule has 33 heavy (non-hydrogen) atoms. The van der Waals surface area contributed by atoms with Crippen molar-refractivity contribution in [1.82, 2.24) is 0 Å². The first-order valence-corrected chi connectivity index (χ1v) is 11.6. The minimum atomic E-state index is 0.535. The minimum absolute atomic E-state index is 0.535. The fourth-order valence-corrected chi connectivity index (χ4v) is 3.26. The first-order chi connectivity index (χ1) is 15.8. The maximum atomic E-state index is 5.40. The molecule has 0 aliphatic heterocycles. The van der Waals surface area contributed by atoms with Crippen molar-refractivity contribution < 1.29 is 14.0 Å². The minimum Gasteiger partial charge on any atom is -0.494 e. The van der Waals surface area contributed by atoms with E-state index in [1.165, 1.54) is 5.56 Å². The Labute approximate surface area is 203 Å². The molecular formula is C27H36N3O2S+. The average molecular weight is 467 g/mol. The van der Waals surface area contributed by atoms with Crippen LogP contribution in [0.3, 0.4) is 0 Å². The molecule has 0 amide bonds. The highest BCUT2D eigenvalue weighted by atomic mass is 32.1. The SMILES string of the molecule is CCOc1ccc(NC(=S)Nc2ccc(OCC)cc2)cc1.C[N+](C)(C)Cc1ccccc1. The number of hydrogen-bond donors (Lipinski definition) is 2. The number of nitrogens with one attached hydrogen (secondary N) is 2. The van der Waals surface area contributed by atoms with Gasteiger partial charge in [-0.25, -0.2) is 0 Å². The molecule has 0 heterocycles. The van der Waals surface area contributed by atoms with Gasteiger partial charge >= 0.3 is 0 Å². The summed E-state index contributed by atoms with van der Waals surface area (Å²) in [4.78, 5) is 0. The van der Waals surface area contributed by atoms with Gasteiger partial charge in [-0.15, -0.1) is 0 Å². The lowest BCUT2D eigenvalue weighted by atomic mass is 10.2. The van der Waals surface area contributed by atoms with E-state index in [-0.39, 0.29) is 0 Å². The van der Waals surface area contributed by atoms with E-state index in [9.17, 15) is 0 Å². The topological polar surface area (TPSA) is 42.5 Å². The van der Waals surface area contributed by atoms with Gasteiger partial charge in [-0.1, -0.05) is 30.3 Å². The molecular weight excluding hydrogens is 430 g/mol. The Morgan fingerprint density at radius 1 is 0.697 bits per heavy atom. The normalized spacial score (nSPS) is 10.5. The quantitative estimate of drug-likeness (QED) is 0.306. The second kappa shape index (κ2) is 13.5. The lowest BCUT2D eigenvalue weighted by Gasteiger charge is -2.23. The Morgan fingerprint density at radius 3 is 1.48 bits per heavy atom. The Kier molecular flexibility index (Phi) is 10.7. The molecule has 0 radical (unpaired) electrons. The third-order valence-electron chi connectivity index (χ3n) is 4.35. The molecule has 0 fully saturated rings. The summed E-state index contributed by atoms with van der Waals surface area (Å²) in [5, 5.41) is 6.80. The predicted molar refractivity (Wildman–Crippen MR) is 143 cm³/mol. The van der Waals surface area contributed by atoms with Gasteiger partial charge in [0.25, 0.3) is 0 Å². The molecule has 6 heteroatoms. The molecule has 5 nitrogen and oxygen atoms in total. The maximum Gasteiger partial charge on any atom is 0.175 e. The van der Waals surface area contributed by atoms with Gasteiger partial charge in [0.2, 0.25) is 0 Å². The van der Waals surface area contributed by atoms with Gasteiger partial charge in [0.15, 0.2) is 5.11 Å². The van der Waals surface area contributed by atoms with Crippen molar-refractivity contribution in [2.75, 3.05) is 45.0 Å². The smallest absolute Gasteiger partial charge is 0.175 e. The van der Waals surface area contributed by atoms with Gasteiger partial charge in [-0.05, 0) is 74.6 Å². The molecule has 3 rings (SSSR count). The summed E-state index contributed by atoms with van der Waals surface area (Å²) in [5.74, 6) is 1.69. The number of benzene rings is 3. The molecule has 0 bridgehead atoms. The molecule has 0 saturated heterocycles. The highest BCUT2D eigenvalue weighted by molar-refractivity contribution is 7.80. The van der Waals surface area contributed by atoms with Crippen LogP contribution in [0.15, 0.2) is 78.9 Å². The van der Waals surface area contributed by atoms with Crippen LogP contribution in [0, 0.1) is 0 Å². The van der Waals surface area contributed by atoms with Crippen LogP contribution in [0.2, 0.25) is 0 Å². The summed E-state index contributed by atoms with van der Waals surface area (Å²) in [6.07, 6.45) is 0. The van der Waals surface area contributed by atoms with Crippen molar-refractivity contribution in [3.8, 4) is 11.5 Å². The summed E-state index contributed by atoms with van der Waals surface area (Å²) in [6.45, 7) is 6.33. The molecule has 0 aliphatic carbocycles. The summed E-state index contributed by atoms with van der Waals surface area (Å²) in [5.41, 5.74) is 3.22. The third kappa shape index (κ3) is 10.9. The van der Waals surface area contributed by atoms with Crippen molar-refractivity contribution >= 4 is 28.7 Å². The zero-order valence-corrected chi connectivity index (χ0v) is 21.1. The van der Waals surface area contributed by atoms with Crippen LogP contribution in [0.1, 0.15) is 19.4 Å². The van der Waals surface area contributed by atoms with Crippen molar-refractivity contribution in [3.05, 3.63) is 84.4 Å². The number of rotatable bonds is 8. The lowest BCUT2D eigenvalue weighted by Crippen LogP contribution is -2.33.